The minimum atomic E-state index is 0.322. The third-order valence-corrected chi connectivity index (χ3v) is 5.44. The zero-order valence-electron chi connectivity index (χ0n) is 15.0. The molecule has 0 N–H and O–H groups in total. The molecule has 0 radical (unpaired) electrons. The van der Waals surface area contributed by atoms with E-state index in [1.165, 1.54) is 38.4 Å². The first-order valence-corrected chi connectivity index (χ1v) is 9.49. The van der Waals surface area contributed by atoms with Crippen molar-refractivity contribution in [3.8, 4) is 5.82 Å². The Hall–Kier alpha value is -2.51. The number of anilines is 1. The summed E-state index contributed by atoms with van der Waals surface area (Å²) in [5.41, 5.74) is 0. The van der Waals surface area contributed by atoms with Crippen LogP contribution in [0.1, 0.15) is 38.5 Å². The number of hydrogen-bond acceptors (Lipinski definition) is 6. The van der Waals surface area contributed by atoms with Crippen LogP contribution in [0, 0.1) is 5.92 Å². The van der Waals surface area contributed by atoms with Gasteiger partial charge in [-0.05, 0) is 18.8 Å². The molecule has 1 saturated carbocycles. The van der Waals surface area contributed by atoms with E-state index in [1.54, 1.807) is 17.3 Å². The number of hydrogen-bond donors (Lipinski definition) is 0. The van der Waals surface area contributed by atoms with Crippen LogP contribution < -0.4 is 4.90 Å². The average molecular weight is 355 g/mol. The lowest BCUT2D eigenvalue weighted by Crippen LogP contribution is -2.49. The molecule has 2 aromatic rings. The molecule has 4 rings (SSSR count). The highest BCUT2D eigenvalue weighted by Gasteiger charge is 2.25. The van der Waals surface area contributed by atoms with Crippen molar-refractivity contribution in [3.63, 3.8) is 0 Å². The summed E-state index contributed by atoms with van der Waals surface area (Å²) in [7, 11) is 0. The van der Waals surface area contributed by atoms with Crippen LogP contribution in [0.15, 0.2) is 25.0 Å². The van der Waals surface area contributed by atoms with Crippen LogP contribution in [0.4, 0.5) is 5.82 Å². The van der Waals surface area contributed by atoms with Crippen LogP contribution in [0.2, 0.25) is 0 Å². The quantitative estimate of drug-likeness (QED) is 0.830. The molecule has 0 aromatic carbocycles. The normalized spacial score (nSPS) is 18.9. The Labute approximate surface area is 153 Å². The summed E-state index contributed by atoms with van der Waals surface area (Å²) in [4.78, 5) is 29.4. The minimum absolute atomic E-state index is 0.322. The molecule has 26 heavy (non-hydrogen) atoms. The van der Waals surface area contributed by atoms with E-state index in [4.69, 9.17) is 0 Å². The third-order valence-electron chi connectivity index (χ3n) is 5.44. The summed E-state index contributed by atoms with van der Waals surface area (Å²) in [6.45, 7) is 3.11. The SMILES string of the molecule is O=C(CC1CCCCC1)N1CCN(c2cc(-n3cncn3)ncn2)CC1. The van der Waals surface area contributed by atoms with Gasteiger partial charge in [0.1, 0.15) is 24.8 Å². The first kappa shape index (κ1) is 16.9. The Kier molecular flexibility index (Phi) is 5.08. The van der Waals surface area contributed by atoms with E-state index in [-0.39, 0.29) is 0 Å². The number of piperazine rings is 1. The molecule has 0 unspecified atom stereocenters. The maximum absolute atomic E-state index is 12.6. The zero-order chi connectivity index (χ0) is 17.8. The van der Waals surface area contributed by atoms with Gasteiger partial charge in [-0.3, -0.25) is 4.79 Å². The van der Waals surface area contributed by atoms with Gasteiger partial charge in [-0.2, -0.15) is 5.10 Å². The second-order valence-corrected chi connectivity index (χ2v) is 7.15. The molecule has 1 aliphatic heterocycles. The lowest BCUT2D eigenvalue weighted by Gasteiger charge is -2.36. The summed E-state index contributed by atoms with van der Waals surface area (Å²) in [5.74, 6) is 2.48. The molecule has 1 amide bonds. The van der Waals surface area contributed by atoms with E-state index in [0.29, 0.717) is 17.6 Å². The first-order valence-electron chi connectivity index (χ1n) is 9.49. The number of amides is 1. The predicted octanol–water partition coefficient (Wildman–Crippen LogP) is 1.68. The summed E-state index contributed by atoms with van der Waals surface area (Å²) in [5, 5.41) is 4.11. The fourth-order valence-corrected chi connectivity index (χ4v) is 3.91. The van der Waals surface area contributed by atoms with Gasteiger partial charge in [-0.25, -0.2) is 19.6 Å². The standard InChI is InChI=1S/C18H25N7O/c26-18(10-15-4-2-1-3-5-15)24-8-6-23(7-9-24)16-11-17(21-13-20-16)25-14-19-12-22-25/h11-15H,1-10H2. The Balaban J connectivity index is 1.33. The van der Waals surface area contributed by atoms with Crippen molar-refractivity contribution in [3.05, 3.63) is 25.0 Å². The van der Waals surface area contributed by atoms with Gasteiger partial charge in [0, 0.05) is 38.7 Å². The van der Waals surface area contributed by atoms with E-state index in [0.717, 1.165) is 38.4 Å². The highest BCUT2D eigenvalue weighted by molar-refractivity contribution is 5.76. The smallest absolute Gasteiger partial charge is 0.222 e. The summed E-state index contributed by atoms with van der Waals surface area (Å²) >= 11 is 0. The molecule has 1 aliphatic carbocycles. The van der Waals surface area contributed by atoms with Crippen molar-refractivity contribution in [1.82, 2.24) is 29.6 Å². The van der Waals surface area contributed by atoms with Gasteiger partial charge < -0.3 is 9.80 Å². The van der Waals surface area contributed by atoms with Gasteiger partial charge in [0.25, 0.3) is 0 Å². The van der Waals surface area contributed by atoms with Crippen LogP contribution in [-0.2, 0) is 4.79 Å². The Morgan fingerprint density at radius 2 is 1.77 bits per heavy atom. The van der Waals surface area contributed by atoms with Crippen molar-refractivity contribution in [2.24, 2.45) is 5.92 Å². The lowest BCUT2D eigenvalue weighted by atomic mass is 9.86. The molecular formula is C18H25N7O. The van der Waals surface area contributed by atoms with Gasteiger partial charge in [0.15, 0.2) is 5.82 Å². The number of nitrogens with zero attached hydrogens (tertiary/aromatic N) is 7. The van der Waals surface area contributed by atoms with Crippen molar-refractivity contribution in [1.29, 1.82) is 0 Å². The summed E-state index contributed by atoms with van der Waals surface area (Å²) in [6.07, 6.45) is 11.7. The number of carbonyl (C=O) groups excluding carboxylic acids is 1. The van der Waals surface area contributed by atoms with Crippen molar-refractivity contribution in [2.45, 2.75) is 38.5 Å². The van der Waals surface area contributed by atoms with E-state index >= 15 is 0 Å². The maximum Gasteiger partial charge on any atom is 0.222 e. The van der Waals surface area contributed by atoms with Crippen LogP contribution >= 0.6 is 0 Å². The van der Waals surface area contributed by atoms with Gasteiger partial charge in [0.05, 0.1) is 0 Å². The Morgan fingerprint density at radius 1 is 1.00 bits per heavy atom. The molecule has 1 saturated heterocycles. The largest absolute Gasteiger partial charge is 0.353 e. The number of aromatic nitrogens is 5. The van der Waals surface area contributed by atoms with Gasteiger partial charge >= 0.3 is 0 Å². The van der Waals surface area contributed by atoms with E-state index < -0.39 is 0 Å². The van der Waals surface area contributed by atoms with E-state index in [9.17, 15) is 4.79 Å². The van der Waals surface area contributed by atoms with Crippen LogP contribution in [0.5, 0.6) is 0 Å². The van der Waals surface area contributed by atoms with Crippen LogP contribution in [-0.4, -0.2) is 61.7 Å². The third kappa shape index (κ3) is 3.84. The lowest BCUT2D eigenvalue weighted by molar-refractivity contribution is -0.132. The Bertz CT molecular complexity index is 719. The zero-order valence-corrected chi connectivity index (χ0v) is 15.0. The number of rotatable bonds is 4. The molecule has 2 aromatic heterocycles. The Morgan fingerprint density at radius 3 is 2.50 bits per heavy atom. The maximum atomic E-state index is 12.6. The number of carbonyl (C=O) groups is 1. The molecule has 0 bridgehead atoms. The van der Waals surface area contributed by atoms with Crippen molar-refractivity contribution < 1.29 is 4.79 Å². The molecule has 0 atom stereocenters. The predicted molar refractivity (Wildman–Crippen MR) is 96.9 cm³/mol. The van der Waals surface area contributed by atoms with Gasteiger partial charge in [-0.15, -0.1) is 0 Å². The van der Waals surface area contributed by atoms with Crippen LogP contribution in [0.25, 0.3) is 5.82 Å². The van der Waals surface area contributed by atoms with Crippen LogP contribution in [0.3, 0.4) is 0 Å². The fourth-order valence-electron chi connectivity index (χ4n) is 3.91. The molecule has 2 aliphatic rings. The van der Waals surface area contributed by atoms with Crippen molar-refractivity contribution in [2.75, 3.05) is 31.1 Å². The van der Waals surface area contributed by atoms with Gasteiger partial charge in [0.2, 0.25) is 5.91 Å². The highest BCUT2D eigenvalue weighted by atomic mass is 16.2. The molecule has 138 valence electrons. The fraction of sp³-hybridized carbons (Fsp3) is 0.611. The molecule has 0 spiro atoms. The van der Waals surface area contributed by atoms with E-state index in [2.05, 4.69) is 25.0 Å². The highest BCUT2D eigenvalue weighted by Crippen LogP contribution is 2.27. The monoisotopic (exact) mass is 355 g/mol. The van der Waals surface area contributed by atoms with Gasteiger partial charge in [-0.1, -0.05) is 19.3 Å². The summed E-state index contributed by atoms with van der Waals surface area (Å²) in [6, 6.07) is 1.91. The summed E-state index contributed by atoms with van der Waals surface area (Å²) < 4.78 is 1.62. The second kappa shape index (κ2) is 7.80. The molecule has 8 heteroatoms. The molecular weight excluding hydrogens is 330 g/mol. The van der Waals surface area contributed by atoms with E-state index in [1.807, 2.05) is 11.0 Å². The minimum Gasteiger partial charge on any atom is -0.353 e. The molecule has 8 nitrogen and oxygen atoms in total. The second-order valence-electron chi connectivity index (χ2n) is 7.15. The average Bonchev–Trinajstić information content (AvgIpc) is 3.24. The topological polar surface area (TPSA) is 80.0 Å². The molecule has 3 heterocycles. The van der Waals surface area contributed by atoms with Crippen molar-refractivity contribution >= 4 is 11.7 Å². The molecule has 2 fully saturated rings. The first-order chi connectivity index (χ1) is 12.8.